The van der Waals surface area contributed by atoms with Gasteiger partial charge < -0.3 is 20.7 Å². The summed E-state index contributed by atoms with van der Waals surface area (Å²) < 4.78 is 18.7. The summed E-state index contributed by atoms with van der Waals surface area (Å²) in [5.74, 6) is 0.628. The summed E-state index contributed by atoms with van der Waals surface area (Å²) in [6, 6.07) is 4.63. The summed E-state index contributed by atoms with van der Waals surface area (Å²) in [6.07, 6.45) is 4.06. The van der Waals surface area contributed by atoms with Crippen LogP contribution in [0.25, 0.3) is 0 Å². The molecular formula is C21H27ClFN3O3S. The number of rotatable bonds is 9. The van der Waals surface area contributed by atoms with E-state index in [9.17, 15) is 14.0 Å². The Labute approximate surface area is 185 Å². The first-order valence-corrected chi connectivity index (χ1v) is 11.8. The van der Waals surface area contributed by atoms with Crippen LogP contribution in [0.15, 0.2) is 18.2 Å². The van der Waals surface area contributed by atoms with Gasteiger partial charge in [-0.05, 0) is 44.2 Å². The van der Waals surface area contributed by atoms with Gasteiger partial charge in [-0.25, -0.2) is 4.39 Å². The Balaban J connectivity index is 1.14. The van der Waals surface area contributed by atoms with Crippen molar-refractivity contribution in [3.05, 3.63) is 29.0 Å². The standard InChI is InChI=1S/C21H27ClFN3O3S/c1-2-13-9-30-18(25-13)5-6-24-19(28)20-10-21(11-20,12-20)26-17(27)8-29-14-3-4-15(22)16(23)7-14/h3-4,7,13,18,25H,2,5-6,8-12H2,1H3,(H,24,28)(H,26,27). The van der Waals surface area contributed by atoms with Gasteiger partial charge in [-0.2, -0.15) is 0 Å². The SMILES string of the molecule is CCC1CSC(CCNC(=O)C23CC(NC(=O)COc4ccc(Cl)c(F)c4)(C2)C3)N1. The predicted molar refractivity (Wildman–Crippen MR) is 115 cm³/mol. The molecule has 1 aromatic rings. The van der Waals surface area contributed by atoms with Gasteiger partial charge in [0.05, 0.1) is 15.8 Å². The number of amides is 2. The molecule has 1 heterocycles. The van der Waals surface area contributed by atoms with Gasteiger partial charge >= 0.3 is 0 Å². The van der Waals surface area contributed by atoms with Gasteiger partial charge in [0, 0.05) is 29.9 Å². The van der Waals surface area contributed by atoms with Crippen LogP contribution in [0.5, 0.6) is 5.75 Å². The fourth-order valence-electron chi connectivity index (χ4n) is 4.71. The lowest BCUT2D eigenvalue weighted by Gasteiger charge is -2.69. The molecule has 5 rings (SSSR count). The number of hydrogen-bond acceptors (Lipinski definition) is 5. The first kappa shape index (κ1) is 21.7. The fraction of sp³-hybridized carbons (Fsp3) is 0.619. The Morgan fingerprint density at radius 1 is 1.37 bits per heavy atom. The number of benzene rings is 1. The van der Waals surface area contributed by atoms with Crippen LogP contribution in [0.1, 0.15) is 39.0 Å². The topological polar surface area (TPSA) is 79.5 Å². The molecule has 3 saturated carbocycles. The molecule has 30 heavy (non-hydrogen) atoms. The molecule has 3 aliphatic carbocycles. The first-order valence-electron chi connectivity index (χ1n) is 10.4. The van der Waals surface area contributed by atoms with E-state index >= 15 is 0 Å². The maximum Gasteiger partial charge on any atom is 0.258 e. The van der Waals surface area contributed by atoms with Crippen LogP contribution in [0.2, 0.25) is 5.02 Å². The zero-order chi connectivity index (χ0) is 21.4. The number of carbonyl (C=O) groups excluding carboxylic acids is 2. The normalized spacial score (nSPS) is 31.4. The highest BCUT2D eigenvalue weighted by Gasteiger charge is 2.72. The summed E-state index contributed by atoms with van der Waals surface area (Å²) in [7, 11) is 0. The van der Waals surface area contributed by atoms with Crippen molar-refractivity contribution in [1.29, 1.82) is 0 Å². The van der Waals surface area contributed by atoms with Gasteiger partial charge in [0.15, 0.2) is 6.61 Å². The molecule has 2 bridgehead atoms. The molecule has 1 saturated heterocycles. The largest absolute Gasteiger partial charge is 0.484 e. The first-order chi connectivity index (χ1) is 14.3. The van der Waals surface area contributed by atoms with Crippen molar-refractivity contribution in [3.8, 4) is 5.75 Å². The Morgan fingerprint density at radius 3 is 2.80 bits per heavy atom. The Bertz CT molecular complexity index is 820. The average molecular weight is 456 g/mol. The Kier molecular flexibility index (Phi) is 6.19. The zero-order valence-corrected chi connectivity index (χ0v) is 18.5. The van der Waals surface area contributed by atoms with Gasteiger partial charge in [-0.15, -0.1) is 11.8 Å². The van der Waals surface area contributed by atoms with Crippen LogP contribution in [-0.4, -0.2) is 47.7 Å². The Hall–Kier alpha value is -1.51. The molecule has 2 atom stereocenters. The number of carbonyl (C=O) groups is 2. The number of nitrogens with one attached hydrogen (secondary N) is 3. The molecule has 4 aliphatic rings. The molecule has 6 nitrogen and oxygen atoms in total. The summed E-state index contributed by atoms with van der Waals surface area (Å²) in [5.41, 5.74) is -0.615. The minimum Gasteiger partial charge on any atom is -0.484 e. The second-order valence-corrected chi connectivity index (χ2v) is 10.3. The number of ether oxygens (including phenoxy) is 1. The third-order valence-electron chi connectivity index (χ3n) is 6.28. The van der Waals surface area contributed by atoms with E-state index in [1.807, 2.05) is 11.8 Å². The van der Waals surface area contributed by atoms with E-state index in [2.05, 4.69) is 22.9 Å². The second-order valence-electron chi connectivity index (χ2n) is 8.64. The molecule has 3 N–H and O–H groups in total. The van der Waals surface area contributed by atoms with Crippen molar-refractivity contribution < 1.29 is 18.7 Å². The summed E-state index contributed by atoms with van der Waals surface area (Å²) in [5, 5.41) is 10.0. The highest BCUT2D eigenvalue weighted by molar-refractivity contribution is 8.00. The molecule has 0 aromatic heterocycles. The molecule has 9 heteroatoms. The molecule has 2 unspecified atom stereocenters. The van der Waals surface area contributed by atoms with E-state index in [1.54, 1.807) is 0 Å². The van der Waals surface area contributed by atoms with E-state index in [0.717, 1.165) is 24.7 Å². The van der Waals surface area contributed by atoms with Gasteiger partial charge in [0.2, 0.25) is 5.91 Å². The van der Waals surface area contributed by atoms with Gasteiger partial charge in [0.25, 0.3) is 5.91 Å². The zero-order valence-electron chi connectivity index (χ0n) is 16.9. The molecule has 4 fully saturated rings. The van der Waals surface area contributed by atoms with Crippen molar-refractivity contribution in [1.82, 2.24) is 16.0 Å². The third-order valence-corrected chi connectivity index (χ3v) is 7.96. The fourth-order valence-corrected chi connectivity index (χ4v) is 6.19. The van der Waals surface area contributed by atoms with Crippen LogP contribution >= 0.6 is 23.4 Å². The van der Waals surface area contributed by atoms with E-state index in [0.29, 0.717) is 37.2 Å². The van der Waals surface area contributed by atoms with Crippen molar-refractivity contribution in [2.45, 2.75) is 56.0 Å². The quantitative estimate of drug-likeness (QED) is 0.533. The number of thioether (sulfide) groups is 1. The lowest BCUT2D eigenvalue weighted by atomic mass is 9.39. The predicted octanol–water partition coefficient (Wildman–Crippen LogP) is 2.84. The van der Waals surface area contributed by atoms with Crippen LogP contribution in [-0.2, 0) is 9.59 Å². The van der Waals surface area contributed by atoms with Crippen LogP contribution < -0.4 is 20.7 Å². The summed E-state index contributed by atoms with van der Waals surface area (Å²) in [4.78, 5) is 24.7. The van der Waals surface area contributed by atoms with Gasteiger partial charge in [-0.3, -0.25) is 9.59 Å². The van der Waals surface area contributed by atoms with E-state index in [1.165, 1.54) is 12.1 Å². The molecular weight excluding hydrogens is 429 g/mol. The number of hydrogen-bond donors (Lipinski definition) is 3. The van der Waals surface area contributed by atoms with Crippen LogP contribution in [0, 0.1) is 11.2 Å². The maximum atomic E-state index is 13.4. The van der Waals surface area contributed by atoms with E-state index in [4.69, 9.17) is 16.3 Å². The minimum atomic E-state index is -0.588. The second kappa shape index (κ2) is 8.55. The average Bonchev–Trinajstić information content (AvgIpc) is 3.12. The molecule has 0 radical (unpaired) electrons. The Morgan fingerprint density at radius 2 is 2.13 bits per heavy atom. The smallest absolute Gasteiger partial charge is 0.258 e. The molecule has 164 valence electrons. The molecule has 2 amide bonds. The monoisotopic (exact) mass is 455 g/mol. The van der Waals surface area contributed by atoms with Crippen LogP contribution in [0.3, 0.4) is 0 Å². The lowest BCUT2D eigenvalue weighted by molar-refractivity contribution is -0.183. The van der Waals surface area contributed by atoms with Crippen molar-refractivity contribution in [3.63, 3.8) is 0 Å². The third kappa shape index (κ3) is 4.41. The molecule has 1 aliphatic heterocycles. The van der Waals surface area contributed by atoms with E-state index < -0.39 is 5.82 Å². The highest BCUT2D eigenvalue weighted by Crippen LogP contribution is 2.67. The molecule has 1 aromatic carbocycles. The maximum absolute atomic E-state index is 13.4. The minimum absolute atomic E-state index is 0.00709. The lowest BCUT2D eigenvalue weighted by Crippen LogP contribution is -2.78. The molecule has 0 spiro atoms. The summed E-state index contributed by atoms with van der Waals surface area (Å²) in [6.45, 7) is 2.66. The van der Waals surface area contributed by atoms with Crippen molar-refractivity contribution >= 4 is 35.2 Å². The van der Waals surface area contributed by atoms with Crippen molar-refractivity contribution in [2.75, 3.05) is 18.9 Å². The van der Waals surface area contributed by atoms with Crippen molar-refractivity contribution in [2.24, 2.45) is 5.41 Å². The highest BCUT2D eigenvalue weighted by atomic mass is 35.5. The summed E-state index contributed by atoms with van der Waals surface area (Å²) >= 11 is 7.56. The van der Waals surface area contributed by atoms with E-state index in [-0.39, 0.29) is 40.1 Å². The van der Waals surface area contributed by atoms with Gasteiger partial charge in [-0.1, -0.05) is 18.5 Å². The number of halogens is 2. The van der Waals surface area contributed by atoms with Crippen LogP contribution in [0.4, 0.5) is 4.39 Å². The van der Waals surface area contributed by atoms with Gasteiger partial charge in [0.1, 0.15) is 11.6 Å².